The van der Waals surface area contributed by atoms with Crippen LogP contribution in [0.4, 0.5) is 0 Å². The van der Waals surface area contributed by atoms with Crippen molar-refractivity contribution in [2.24, 2.45) is 10.9 Å². The lowest BCUT2D eigenvalue weighted by atomic mass is 9.78. The molecule has 1 N–H and O–H groups in total. The number of nitrogens with one attached hydrogen (secondary N) is 1. The van der Waals surface area contributed by atoms with Crippen molar-refractivity contribution in [1.29, 1.82) is 0 Å². The Morgan fingerprint density at radius 2 is 2.30 bits per heavy atom. The Bertz CT molecular complexity index is 461. The highest BCUT2D eigenvalue weighted by atomic mass is 32.2. The maximum absolute atomic E-state index is 4.92. The molecule has 1 unspecified atom stereocenters. The van der Waals surface area contributed by atoms with E-state index in [1.165, 1.54) is 31.4 Å². The first-order chi connectivity index (χ1) is 9.71. The molecule has 5 heteroatoms. The van der Waals surface area contributed by atoms with E-state index in [1.54, 1.807) is 11.3 Å². The zero-order valence-corrected chi connectivity index (χ0v) is 13.9. The molecule has 110 valence electrons. The summed E-state index contributed by atoms with van der Waals surface area (Å²) in [7, 11) is 0. The van der Waals surface area contributed by atoms with Crippen molar-refractivity contribution in [2.75, 3.05) is 5.75 Å². The van der Waals surface area contributed by atoms with Crippen LogP contribution in [0.5, 0.6) is 0 Å². The smallest absolute Gasteiger partial charge is 0.157 e. The fraction of sp³-hybridized carbons (Fsp3) is 0.733. The first-order valence-electron chi connectivity index (χ1n) is 7.59. The van der Waals surface area contributed by atoms with Gasteiger partial charge in [-0.05, 0) is 38.0 Å². The minimum atomic E-state index is 0.225. The van der Waals surface area contributed by atoms with Crippen LogP contribution in [-0.2, 0) is 0 Å². The van der Waals surface area contributed by atoms with Crippen molar-refractivity contribution < 1.29 is 0 Å². The van der Waals surface area contributed by atoms with E-state index in [2.05, 4.69) is 24.1 Å². The number of thiazole rings is 1. The van der Waals surface area contributed by atoms with Gasteiger partial charge in [0.2, 0.25) is 0 Å². The average Bonchev–Trinajstić information content (AvgIpc) is 3.10. The largest absolute Gasteiger partial charge is 0.359 e. The minimum Gasteiger partial charge on any atom is -0.359 e. The molecule has 1 spiro atoms. The van der Waals surface area contributed by atoms with Gasteiger partial charge in [-0.2, -0.15) is 0 Å². The summed E-state index contributed by atoms with van der Waals surface area (Å²) in [5, 5.41) is 8.06. The van der Waals surface area contributed by atoms with Crippen molar-refractivity contribution >= 4 is 28.3 Å². The van der Waals surface area contributed by atoms with E-state index in [9.17, 15) is 0 Å². The second-order valence-electron chi connectivity index (χ2n) is 6.11. The summed E-state index contributed by atoms with van der Waals surface area (Å²) in [6.45, 7) is 4.56. The van der Waals surface area contributed by atoms with Gasteiger partial charge in [0.25, 0.3) is 0 Å². The molecule has 0 radical (unpaired) electrons. The van der Waals surface area contributed by atoms with Crippen molar-refractivity contribution in [1.82, 2.24) is 10.3 Å². The van der Waals surface area contributed by atoms with E-state index in [0.29, 0.717) is 5.54 Å². The molecule has 0 aromatic carbocycles. The molecule has 1 saturated heterocycles. The van der Waals surface area contributed by atoms with Gasteiger partial charge in [0.15, 0.2) is 5.17 Å². The number of aliphatic imine (C=N–C) groups is 1. The SMILES string of the molecule is CCC(N=C1NC2(CCC(C)CC2)CS1)c1nccs1. The molecule has 2 aliphatic rings. The molecule has 1 atom stereocenters. The molecular weight excluding hydrogens is 286 g/mol. The third-order valence-electron chi connectivity index (χ3n) is 4.48. The average molecular weight is 310 g/mol. The standard InChI is InChI=1S/C15H23N3S2/c1-3-12(13-16-8-9-19-13)17-14-18-15(10-20-14)6-4-11(2)5-7-15/h8-9,11-12H,3-7,10H2,1-2H3,(H,17,18). The Hall–Kier alpha value is -0.550. The van der Waals surface area contributed by atoms with E-state index in [-0.39, 0.29) is 6.04 Å². The molecule has 1 aliphatic carbocycles. The van der Waals surface area contributed by atoms with Gasteiger partial charge in [-0.1, -0.05) is 25.6 Å². The summed E-state index contributed by atoms with van der Waals surface area (Å²) in [4.78, 5) is 9.34. The second-order valence-corrected chi connectivity index (χ2v) is 8.00. The van der Waals surface area contributed by atoms with E-state index in [4.69, 9.17) is 4.99 Å². The summed E-state index contributed by atoms with van der Waals surface area (Å²) in [6.07, 6.45) is 8.20. The summed E-state index contributed by atoms with van der Waals surface area (Å²) >= 11 is 3.62. The van der Waals surface area contributed by atoms with Gasteiger partial charge in [-0.25, -0.2) is 4.98 Å². The second kappa shape index (κ2) is 6.06. The van der Waals surface area contributed by atoms with Gasteiger partial charge >= 0.3 is 0 Å². The van der Waals surface area contributed by atoms with Gasteiger partial charge < -0.3 is 5.32 Å². The van der Waals surface area contributed by atoms with Gasteiger partial charge in [-0.15, -0.1) is 11.3 Å². The molecule has 2 fully saturated rings. The fourth-order valence-corrected chi connectivity index (χ4v) is 5.04. The summed E-state index contributed by atoms with van der Waals surface area (Å²) in [6, 6.07) is 0.225. The monoisotopic (exact) mass is 309 g/mol. The van der Waals surface area contributed by atoms with Crippen LogP contribution >= 0.6 is 23.1 Å². The minimum absolute atomic E-state index is 0.225. The van der Waals surface area contributed by atoms with Crippen LogP contribution < -0.4 is 5.32 Å². The Morgan fingerprint density at radius 3 is 2.95 bits per heavy atom. The maximum atomic E-state index is 4.92. The Labute approximate surface area is 129 Å². The molecule has 1 aliphatic heterocycles. The molecule has 3 nitrogen and oxygen atoms in total. The fourth-order valence-electron chi connectivity index (χ4n) is 3.02. The molecular formula is C15H23N3S2. The molecule has 3 rings (SSSR count). The number of aromatic nitrogens is 1. The van der Waals surface area contributed by atoms with Crippen LogP contribution in [0.2, 0.25) is 0 Å². The zero-order valence-electron chi connectivity index (χ0n) is 12.3. The zero-order chi connectivity index (χ0) is 14.0. The highest BCUT2D eigenvalue weighted by Crippen LogP contribution is 2.39. The predicted molar refractivity (Wildman–Crippen MR) is 88.5 cm³/mol. The highest BCUT2D eigenvalue weighted by Gasteiger charge is 2.39. The van der Waals surface area contributed by atoms with Gasteiger partial charge in [-0.3, -0.25) is 4.99 Å². The lowest BCUT2D eigenvalue weighted by Crippen LogP contribution is -2.46. The highest BCUT2D eigenvalue weighted by molar-refractivity contribution is 8.14. The van der Waals surface area contributed by atoms with Crippen LogP contribution in [0.3, 0.4) is 0 Å². The summed E-state index contributed by atoms with van der Waals surface area (Å²) < 4.78 is 0. The van der Waals surface area contributed by atoms with Crippen LogP contribution in [0.15, 0.2) is 16.6 Å². The van der Waals surface area contributed by atoms with Gasteiger partial charge in [0.05, 0.1) is 0 Å². The molecule has 0 amide bonds. The van der Waals surface area contributed by atoms with Crippen molar-refractivity contribution in [3.05, 3.63) is 16.6 Å². The normalized spacial score (nSPS) is 33.5. The van der Waals surface area contributed by atoms with E-state index in [1.807, 2.05) is 23.3 Å². The number of hydrogen-bond donors (Lipinski definition) is 1. The lowest BCUT2D eigenvalue weighted by Gasteiger charge is -2.35. The van der Waals surface area contributed by atoms with Crippen LogP contribution in [0, 0.1) is 5.92 Å². The molecule has 1 aromatic rings. The van der Waals surface area contributed by atoms with E-state index < -0.39 is 0 Å². The molecule has 1 saturated carbocycles. The number of thioether (sulfide) groups is 1. The van der Waals surface area contributed by atoms with Crippen LogP contribution in [0.1, 0.15) is 57.0 Å². The number of rotatable bonds is 3. The number of amidine groups is 1. The number of hydrogen-bond acceptors (Lipinski definition) is 4. The third-order valence-corrected chi connectivity index (χ3v) is 6.54. The van der Waals surface area contributed by atoms with Gasteiger partial charge in [0, 0.05) is 22.9 Å². The Balaban J connectivity index is 1.68. The van der Waals surface area contributed by atoms with Crippen LogP contribution in [-0.4, -0.2) is 21.4 Å². The predicted octanol–water partition coefficient (Wildman–Crippen LogP) is 4.24. The maximum Gasteiger partial charge on any atom is 0.157 e. The first kappa shape index (κ1) is 14.4. The summed E-state index contributed by atoms with van der Waals surface area (Å²) in [5.74, 6) is 2.08. The Kier molecular flexibility index (Phi) is 4.36. The quantitative estimate of drug-likeness (QED) is 0.907. The molecule has 20 heavy (non-hydrogen) atoms. The third kappa shape index (κ3) is 3.03. The lowest BCUT2D eigenvalue weighted by molar-refractivity contribution is 0.250. The first-order valence-corrected chi connectivity index (χ1v) is 9.45. The molecule has 1 aromatic heterocycles. The Morgan fingerprint density at radius 1 is 1.50 bits per heavy atom. The van der Waals surface area contributed by atoms with E-state index in [0.717, 1.165) is 22.5 Å². The van der Waals surface area contributed by atoms with Crippen molar-refractivity contribution in [3.8, 4) is 0 Å². The van der Waals surface area contributed by atoms with Gasteiger partial charge in [0.1, 0.15) is 11.0 Å². The van der Waals surface area contributed by atoms with Crippen molar-refractivity contribution in [3.63, 3.8) is 0 Å². The molecule has 2 heterocycles. The van der Waals surface area contributed by atoms with Crippen molar-refractivity contribution in [2.45, 2.75) is 57.5 Å². The van der Waals surface area contributed by atoms with Crippen LogP contribution in [0.25, 0.3) is 0 Å². The van der Waals surface area contributed by atoms with E-state index >= 15 is 0 Å². The molecule has 0 bridgehead atoms. The number of nitrogens with zero attached hydrogens (tertiary/aromatic N) is 2. The topological polar surface area (TPSA) is 37.3 Å². The summed E-state index contributed by atoms with van der Waals surface area (Å²) in [5.41, 5.74) is 0.331.